The minimum Gasteiger partial charge on any atom is -0.492 e. The topological polar surface area (TPSA) is 33.6 Å². The van der Waals surface area contributed by atoms with Crippen LogP contribution in [-0.4, -0.2) is 12.8 Å². The molecule has 0 aromatic heterocycles. The SMILES string of the molecule is CCOc1ccc(C=Nc2ccc([C@@H]3Nc4ccccc4[C@H]4C=CC[C@@H]43)cc2)cc1Cl. The van der Waals surface area contributed by atoms with E-state index >= 15 is 0 Å². The molecule has 0 bridgehead atoms. The zero-order valence-electron chi connectivity index (χ0n) is 17.5. The number of nitrogens with one attached hydrogen (secondary N) is 1. The first kappa shape index (κ1) is 19.9. The maximum absolute atomic E-state index is 6.28. The van der Waals surface area contributed by atoms with Gasteiger partial charge >= 0.3 is 0 Å². The van der Waals surface area contributed by atoms with Gasteiger partial charge in [0.25, 0.3) is 0 Å². The average molecular weight is 429 g/mol. The van der Waals surface area contributed by atoms with Gasteiger partial charge in [-0.3, -0.25) is 4.99 Å². The molecule has 3 aromatic rings. The molecule has 1 aliphatic heterocycles. The Kier molecular flexibility index (Phi) is 5.52. The molecule has 0 unspecified atom stereocenters. The minimum atomic E-state index is 0.304. The predicted octanol–water partition coefficient (Wildman–Crippen LogP) is 7.32. The number of fused-ring (bicyclic) bond motifs is 3. The van der Waals surface area contributed by atoms with Crippen LogP contribution in [0, 0.1) is 5.92 Å². The lowest BCUT2D eigenvalue weighted by molar-refractivity contribution is 0.340. The average Bonchev–Trinajstić information content (AvgIpc) is 3.30. The van der Waals surface area contributed by atoms with Crippen LogP contribution in [0.25, 0.3) is 0 Å². The summed E-state index contributed by atoms with van der Waals surface area (Å²) in [6.45, 7) is 2.54. The summed E-state index contributed by atoms with van der Waals surface area (Å²) in [4.78, 5) is 4.62. The Morgan fingerprint density at radius 3 is 2.74 bits per heavy atom. The van der Waals surface area contributed by atoms with Gasteiger partial charge in [-0.1, -0.05) is 54.1 Å². The Hall–Kier alpha value is -3.04. The van der Waals surface area contributed by atoms with Crippen LogP contribution in [0.2, 0.25) is 5.02 Å². The van der Waals surface area contributed by atoms with Crippen LogP contribution in [0.3, 0.4) is 0 Å². The Bertz CT molecular complexity index is 1140. The van der Waals surface area contributed by atoms with Gasteiger partial charge in [0.15, 0.2) is 0 Å². The first-order valence-corrected chi connectivity index (χ1v) is 11.2. The summed E-state index contributed by atoms with van der Waals surface area (Å²) in [7, 11) is 0. The predicted molar refractivity (Wildman–Crippen MR) is 129 cm³/mol. The van der Waals surface area contributed by atoms with E-state index in [1.54, 1.807) is 0 Å². The number of halogens is 1. The van der Waals surface area contributed by atoms with Crippen LogP contribution in [0.4, 0.5) is 11.4 Å². The van der Waals surface area contributed by atoms with Crippen molar-refractivity contribution in [1.82, 2.24) is 0 Å². The smallest absolute Gasteiger partial charge is 0.137 e. The van der Waals surface area contributed by atoms with E-state index in [1.807, 2.05) is 31.3 Å². The third-order valence-corrected chi connectivity index (χ3v) is 6.44. The summed E-state index contributed by atoms with van der Waals surface area (Å²) >= 11 is 6.28. The third kappa shape index (κ3) is 3.98. The van der Waals surface area contributed by atoms with Crippen molar-refractivity contribution in [3.63, 3.8) is 0 Å². The van der Waals surface area contributed by atoms with E-state index in [0.717, 1.165) is 17.7 Å². The second-order valence-electron chi connectivity index (χ2n) is 8.04. The Morgan fingerprint density at radius 2 is 1.94 bits per heavy atom. The number of para-hydroxylation sites is 1. The zero-order valence-corrected chi connectivity index (χ0v) is 18.2. The number of nitrogens with zero attached hydrogens (tertiary/aromatic N) is 1. The van der Waals surface area contributed by atoms with Crippen LogP contribution in [-0.2, 0) is 0 Å². The molecule has 1 N–H and O–H groups in total. The highest BCUT2D eigenvalue weighted by Gasteiger charge is 2.37. The van der Waals surface area contributed by atoms with Gasteiger partial charge in [0.2, 0.25) is 0 Å². The van der Waals surface area contributed by atoms with Gasteiger partial charge in [-0.15, -0.1) is 0 Å². The molecule has 1 heterocycles. The number of allylic oxidation sites excluding steroid dienone is 2. The Balaban J connectivity index is 1.34. The molecule has 156 valence electrons. The lowest BCUT2D eigenvalue weighted by Gasteiger charge is -2.37. The summed E-state index contributed by atoms with van der Waals surface area (Å²) in [6.07, 6.45) is 7.64. The molecule has 31 heavy (non-hydrogen) atoms. The minimum absolute atomic E-state index is 0.304. The molecule has 0 amide bonds. The summed E-state index contributed by atoms with van der Waals surface area (Å²) in [5, 5.41) is 4.38. The number of hydrogen-bond donors (Lipinski definition) is 1. The first-order valence-electron chi connectivity index (χ1n) is 10.8. The van der Waals surface area contributed by atoms with Gasteiger partial charge in [0.1, 0.15) is 5.75 Å². The second kappa shape index (κ2) is 8.60. The highest BCUT2D eigenvalue weighted by atomic mass is 35.5. The van der Waals surface area contributed by atoms with Gasteiger partial charge < -0.3 is 10.1 Å². The monoisotopic (exact) mass is 428 g/mol. The third-order valence-electron chi connectivity index (χ3n) is 6.14. The lowest BCUT2D eigenvalue weighted by atomic mass is 9.77. The van der Waals surface area contributed by atoms with Crippen molar-refractivity contribution in [3.8, 4) is 5.75 Å². The molecule has 3 aromatic carbocycles. The van der Waals surface area contributed by atoms with Crippen LogP contribution >= 0.6 is 11.6 Å². The van der Waals surface area contributed by atoms with Crippen molar-refractivity contribution in [2.45, 2.75) is 25.3 Å². The molecule has 0 saturated heterocycles. The Morgan fingerprint density at radius 1 is 1.10 bits per heavy atom. The molecular weight excluding hydrogens is 404 g/mol. The quantitative estimate of drug-likeness (QED) is 0.341. The van der Waals surface area contributed by atoms with E-state index in [-0.39, 0.29) is 0 Å². The number of anilines is 1. The van der Waals surface area contributed by atoms with Gasteiger partial charge in [0, 0.05) is 17.8 Å². The van der Waals surface area contributed by atoms with Crippen molar-refractivity contribution in [3.05, 3.63) is 101 Å². The van der Waals surface area contributed by atoms with E-state index in [0.29, 0.717) is 35.3 Å². The molecule has 2 aliphatic rings. The van der Waals surface area contributed by atoms with E-state index in [9.17, 15) is 0 Å². The van der Waals surface area contributed by atoms with Crippen molar-refractivity contribution < 1.29 is 4.74 Å². The molecule has 0 saturated carbocycles. The fourth-order valence-electron chi connectivity index (χ4n) is 4.66. The van der Waals surface area contributed by atoms with Crippen molar-refractivity contribution in [2.75, 3.05) is 11.9 Å². The van der Waals surface area contributed by atoms with E-state index < -0.39 is 0 Å². The van der Waals surface area contributed by atoms with Crippen molar-refractivity contribution >= 4 is 29.2 Å². The van der Waals surface area contributed by atoms with Crippen molar-refractivity contribution in [2.24, 2.45) is 10.9 Å². The van der Waals surface area contributed by atoms with Crippen LogP contribution in [0.5, 0.6) is 5.75 Å². The van der Waals surface area contributed by atoms with E-state index in [2.05, 4.69) is 71.0 Å². The number of aliphatic imine (C=N–C) groups is 1. The summed E-state index contributed by atoms with van der Waals surface area (Å²) < 4.78 is 5.49. The van der Waals surface area contributed by atoms with E-state index in [1.165, 1.54) is 16.8 Å². The molecule has 3 nitrogen and oxygen atoms in total. The summed E-state index contributed by atoms with van der Waals surface area (Å²) in [5.41, 5.74) is 5.83. The fraction of sp³-hybridized carbons (Fsp3) is 0.222. The highest BCUT2D eigenvalue weighted by Crippen LogP contribution is 2.49. The molecule has 0 radical (unpaired) electrons. The largest absolute Gasteiger partial charge is 0.492 e. The maximum atomic E-state index is 6.28. The molecule has 0 spiro atoms. The molecular formula is C27H25ClN2O. The molecule has 0 fully saturated rings. The number of benzene rings is 3. The fourth-order valence-corrected chi connectivity index (χ4v) is 4.90. The van der Waals surface area contributed by atoms with Gasteiger partial charge in [-0.2, -0.15) is 0 Å². The number of rotatable bonds is 5. The van der Waals surface area contributed by atoms with Gasteiger partial charge in [-0.05, 0) is 72.4 Å². The maximum Gasteiger partial charge on any atom is 0.137 e. The van der Waals surface area contributed by atoms with Crippen molar-refractivity contribution in [1.29, 1.82) is 0 Å². The zero-order chi connectivity index (χ0) is 21.2. The van der Waals surface area contributed by atoms with Gasteiger partial charge in [0.05, 0.1) is 23.4 Å². The molecule has 3 atom stereocenters. The van der Waals surface area contributed by atoms with E-state index in [4.69, 9.17) is 16.3 Å². The summed E-state index contributed by atoms with van der Waals surface area (Å²) in [5.74, 6) is 1.74. The van der Waals surface area contributed by atoms with Gasteiger partial charge in [-0.25, -0.2) is 0 Å². The second-order valence-corrected chi connectivity index (χ2v) is 8.44. The summed E-state index contributed by atoms with van der Waals surface area (Å²) in [6, 6.07) is 23.3. The normalized spacial score (nSPS) is 21.5. The first-order chi connectivity index (χ1) is 15.2. The van der Waals surface area contributed by atoms with Crippen LogP contribution in [0.15, 0.2) is 83.9 Å². The standard InChI is InChI=1S/C27H25ClN2O/c1-2-31-26-15-10-18(16-24(26)28)17-29-20-13-11-19(12-14-20)27-23-8-5-7-21(23)22-6-3-4-9-25(22)30-27/h3-7,9-17,21,23,27,30H,2,8H2,1H3/t21-,23+,27+/m1/s1. The molecule has 5 rings (SSSR count). The Labute approximate surface area is 188 Å². The number of hydrogen-bond acceptors (Lipinski definition) is 3. The molecule has 4 heteroatoms. The molecule has 1 aliphatic carbocycles. The van der Waals surface area contributed by atoms with Crippen LogP contribution < -0.4 is 10.1 Å². The number of ether oxygens (including phenoxy) is 1. The highest BCUT2D eigenvalue weighted by molar-refractivity contribution is 6.32. The lowest BCUT2D eigenvalue weighted by Crippen LogP contribution is -2.28. The van der Waals surface area contributed by atoms with Crippen LogP contribution in [0.1, 0.15) is 42.0 Å².